The zero-order valence-corrected chi connectivity index (χ0v) is 17.6. The van der Waals surface area contributed by atoms with E-state index in [2.05, 4.69) is 30.6 Å². The van der Waals surface area contributed by atoms with Crippen molar-refractivity contribution in [3.05, 3.63) is 71.0 Å². The monoisotopic (exact) mass is 436 g/mol. The van der Waals surface area contributed by atoms with Crippen molar-refractivity contribution < 1.29 is 4.39 Å². The number of H-pyrrole nitrogens is 1. The minimum Gasteiger partial charge on any atom is -0.367 e. The van der Waals surface area contributed by atoms with Crippen molar-refractivity contribution in [2.24, 2.45) is 0 Å². The second-order valence-electron chi connectivity index (χ2n) is 7.80. The second kappa shape index (κ2) is 8.61. The van der Waals surface area contributed by atoms with Gasteiger partial charge in [-0.15, -0.1) is 0 Å². The lowest BCUT2D eigenvalue weighted by Crippen LogP contribution is -2.35. The summed E-state index contributed by atoms with van der Waals surface area (Å²) >= 11 is 6.46. The first kappa shape index (κ1) is 19.9. The van der Waals surface area contributed by atoms with Crippen LogP contribution >= 0.6 is 11.6 Å². The second-order valence-corrected chi connectivity index (χ2v) is 8.21. The number of aromatic nitrogens is 4. The van der Waals surface area contributed by atoms with Gasteiger partial charge in [0.1, 0.15) is 23.0 Å². The van der Waals surface area contributed by atoms with Crippen LogP contribution in [0.5, 0.6) is 0 Å². The Hall–Kier alpha value is -3.03. The molecule has 1 saturated heterocycles. The molecule has 1 aromatic carbocycles. The molecule has 0 saturated carbocycles. The van der Waals surface area contributed by atoms with E-state index in [-0.39, 0.29) is 5.82 Å². The number of halogens is 2. The number of fused-ring (bicyclic) bond motifs is 1. The normalized spacial score (nSPS) is 14.8. The third-order valence-electron chi connectivity index (χ3n) is 5.50. The van der Waals surface area contributed by atoms with Gasteiger partial charge in [-0.2, -0.15) is 0 Å². The molecule has 5 rings (SSSR count). The number of hydrogen-bond donors (Lipinski definition) is 3. The number of nitrogens with zero attached hydrogens (tertiary/aromatic N) is 3. The predicted octanol–water partition coefficient (Wildman–Crippen LogP) is 4.57. The third kappa shape index (κ3) is 4.52. The SMILES string of the molecule is Fc1cccc(Cc2nc3cc(-c4cc(NC5CCNCC5)ncc4Cl)cnc3[nH]2)c1. The summed E-state index contributed by atoms with van der Waals surface area (Å²) in [6.07, 6.45) is 6.08. The zero-order valence-electron chi connectivity index (χ0n) is 16.8. The van der Waals surface area contributed by atoms with Crippen LogP contribution in [0.1, 0.15) is 24.2 Å². The van der Waals surface area contributed by atoms with E-state index in [1.165, 1.54) is 12.1 Å². The minimum absolute atomic E-state index is 0.254. The summed E-state index contributed by atoms with van der Waals surface area (Å²) in [6, 6.07) is 10.9. The number of hydrogen-bond acceptors (Lipinski definition) is 5. The Morgan fingerprint density at radius 3 is 2.81 bits per heavy atom. The first-order valence-corrected chi connectivity index (χ1v) is 10.7. The molecule has 0 atom stereocenters. The van der Waals surface area contributed by atoms with E-state index in [4.69, 9.17) is 11.6 Å². The molecule has 1 aliphatic rings. The molecule has 158 valence electrons. The van der Waals surface area contributed by atoms with Crippen molar-refractivity contribution in [2.75, 3.05) is 18.4 Å². The molecular weight excluding hydrogens is 415 g/mol. The van der Waals surface area contributed by atoms with Gasteiger partial charge in [0.15, 0.2) is 5.65 Å². The lowest BCUT2D eigenvalue weighted by Gasteiger charge is -2.24. The van der Waals surface area contributed by atoms with Crippen molar-refractivity contribution in [3.8, 4) is 11.1 Å². The van der Waals surface area contributed by atoms with Crippen LogP contribution in [-0.4, -0.2) is 39.1 Å². The standard InChI is InChI=1S/C23H22ClFN6/c24-19-13-27-21(29-17-4-6-26-7-5-17)11-18(19)15-10-20-23(28-12-15)31-22(30-20)9-14-2-1-3-16(25)8-14/h1-3,8,10-13,17,26H,4-7,9H2,(H,27,29)(H,28,30,31). The molecule has 0 unspecified atom stereocenters. The molecule has 1 fully saturated rings. The lowest BCUT2D eigenvalue weighted by atomic mass is 10.1. The maximum Gasteiger partial charge on any atom is 0.157 e. The van der Waals surface area contributed by atoms with Crippen LogP contribution in [0.2, 0.25) is 5.02 Å². The summed E-state index contributed by atoms with van der Waals surface area (Å²) < 4.78 is 13.5. The molecule has 0 aliphatic carbocycles. The van der Waals surface area contributed by atoms with Gasteiger partial charge in [-0.25, -0.2) is 19.3 Å². The number of piperidine rings is 1. The molecule has 8 heteroatoms. The van der Waals surface area contributed by atoms with Gasteiger partial charge < -0.3 is 15.6 Å². The molecule has 0 bridgehead atoms. The largest absolute Gasteiger partial charge is 0.367 e. The molecule has 0 radical (unpaired) electrons. The first-order chi connectivity index (χ1) is 15.1. The smallest absolute Gasteiger partial charge is 0.157 e. The highest BCUT2D eigenvalue weighted by Gasteiger charge is 2.15. The van der Waals surface area contributed by atoms with E-state index in [0.717, 1.165) is 59.8 Å². The van der Waals surface area contributed by atoms with Crippen molar-refractivity contribution in [1.82, 2.24) is 25.3 Å². The molecule has 3 N–H and O–H groups in total. The Kier molecular flexibility index (Phi) is 5.53. The fourth-order valence-corrected chi connectivity index (χ4v) is 4.14. The van der Waals surface area contributed by atoms with Crippen molar-refractivity contribution in [2.45, 2.75) is 25.3 Å². The predicted molar refractivity (Wildman–Crippen MR) is 121 cm³/mol. The van der Waals surface area contributed by atoms with E-state index in [1.807, 2.05) is 18.2 Å². The van der Waals surface area contributed by atoms with Gasteiger partial charge in [0.25, 0.3) is 0 Å². The van der Waals surface area contributed by atoms with Crippen LogP contribution in [-0.2, 0) is 6.42 Å². The molecule has 6 nitrogen and oxygen atoms in total. The van der Waals surface area contributed by atoms with Gasteiger partial charge in [-0.3, -0.25) is 0 Å². The minimum atomic E-state index is -0.254. The summed E-state index contributed by atoms with van der Waals surface area (Å²) in [6.45, 7) is 2.02. The molecule has 31 heavy (non-hydrogen) atoms. The van der Waals surface area contributed by atoms with Gasteiger partial charge in [0.05, 0.1) is 5.02 Å². The molecular formula is C23H22ClFN6. The molecule has 0 spiro atoms. The molecule has 4 aromatic rings. The Balaban J connectivity index is 1.41. The Morgan fingerprint density at radius 2 is 1.97 bits per heavy atom. The number of aromatic amines is 1. The van der Waals surface area contributed by atoms with Crippen LogP contribution in [0.15, 0.2) is 48.8 Å². The molecule has 1 aliphatic heterocycles. The maximum atomic E-state index is 13.5. The van der Waals surface area contributed by atoms with Crippen LogP contribution in [0, 0.1) is 5.82 Å². The summed E-state index contributed by atoms with van der Waals surface area (Å²) in [5, 5.41) is 7.44. The Bertz CT molecular complexity index is 1220. The Labute approximate surface area is 184 Å². The van der Waals surface area contributed by atoms with E-state index in [9.17, 15) is 4.39 Å². The van der Waals surface area contributed by atoms with E-state index in [1.54, 1.807) is 18.5 Å². The molecule has 4 heterocycles. The molecule has 0 amide bonds. The van der Waals surface area contributed by atoms with E-state index >= 15 is 0 Å². The number of rotatable bonds is 5. The summed E-state index contributed by atoms with van der Waals surface area (Å²) in [5.41, 5.74) is 4.01. The van der Waals surface area contributed by atoms with E-state index < -0.39 is 0 Å². The van der Waals surface area contributed by atoms with Crippen molar-refractivity contribution in [3.63, 3.8) is 0 Å². The molecule has 3 aromatic heterocycles. The highest BCUT2D eigenvalue weighted by atomic mass is 35.5. The number of pyridine rings is 2. The maximum absolute atomic E-state index is 13.5. The average Bonchev–Trinajstić information content (AvgIpc) is 3.17. The van der Waals surface area contributed by atoms with Gasteiger partial charge in [0, 0.05) is 36.0 Å². The first-order valence-electron chi connectivity index (χ1n) is 10.4. The van der Waals surface area contributed by atoms with Crippen LogP contribution in [0.25, 0.3) is 22.3 Å². The quantitative estimate of drug-likeness (QED) is 0.427. The number of benzene rings is 1. The van der Waals surface area contributed by atoms with Crippen LogP contribution in [0.3, 0.4) is 0 Å². The topological polar surface area (TPSA) is 78.5 Å². The lowest BCUT2D eigenvalue weighted by molar-refractivity contribution is 0.478. The summed E-state index contributed by atoms with van der Waals surface area (Å²) in [5.74, 6) is 1.29. The van der Waals surface area contributed by atoms with Gasteiger partial charge in [-0.1, -0.05) is 23.7 Å². The van der Waals surface area contributed by atoms with Gasteiger partial charge >= 0.3 is 0 Å². The van der Waals surface area contributed by atoms with Crippen LogP contribution < -0.4 is 10.6 Å². The average molecular weight is 437 g/mol. The highest BCUT2D eigenvalue weighted by Crippen LogP contribution is 2.31. The zero-order chi connectivity index (χ0) is 21.2. The van der Waals surface area contributed by atoms with E-state index in [0.29, 0.717) is 23.1 Å². The van der Waals surface area contributed by atoms with Gasteiger partial charge in [0.2, 0.25) is 0 Å². The number of nitrogens with one attached hydrogen (secondary N) is 3. The summed E-state index contributed by atoms with van der Waals surface area (Å²) in [7, 11) is 0. The van der Waals surface area contributed by atoms with Crippen molar-refractivity contribution in [1.29, 1.82) is 0 Å². The fraction of sp³-hybridized carbons (Fsp3) is 0.261. The number of imidazole rings is 1. The van der Waals surface area contributed by atoms with Crippen molar-refractivity contribution >= 4 is 28.6 Å². The van der Waals surface area contributed by atoms with Crippen LogP contribution in [0.4, 0.5) is 10.2 Å². The fourth-order valence-electron chi connectivity index (χ4n) is 3.93. The summed E-state index contributed by atoms with van der Waals surface area (Å²) in [4.78, 5) is 16.8. The third-order valence-corrected chi connectivity index (χ3v) is 5.80. The Morgan fingerprint density at radius 1 is 1.10 bits per heavy atom. The van der Waals surface area contributed by atoms with Gasteiger partial charge in [-0.05, 0) is 55.8 Å². The highest BCUT2D eigenvalue weighted by molar-refractivity contribution is 6.33. The number of anilines is 1.